The number of phenols is 1. The predicted molar refractivity (Wildman–Crippen MR) is 85.0 cm³/mol. The number of phenolic OH excluding ortho intramolecular Hbond substituents is 1. The van der Waals surface area contributed by atoms with E-state index in [2.05, 4.69) is 5.32 Å². The van der Waals surface area contributed by atoms with Gasteiger partial charge in [0.15, 0.2) is 0 Å². The van der Waals surface area contributed by atoms with Gasteiger partial charge in [0.1, 0.15) is 11.5 Å². The minimum Gasteiger partial charge on any atom is -0.507 e. The molecule has 0 heterocycles. The van der Waals surface area contributed by atoms with Gasteiger partial charge in [-0.05, 0) is 49.4 Å². The van der Waals surface area contributed by atoms with E-state index in [1.165, 1.54) is 19.2 Å². The summed E-state index contributed by atoms with van der Waals surface area (Å²) < 4.78 is 9.92. The van der Waals surface area contributed by atoms with Crippen molar-refractivity contribution in [3.63, 3.8) is 0 Å². The van der Waals surface area contributed by atoms with Gasteiger partial charge in [0.05, 0.1) is 24.8 Å². The molecule has 6 nitrogen and oxygen atoms in total. The second-order valence-corrected chi connectivity index (χ2v) is 4.64. The molecule has 23 heavy (non-hydrogen) atoms. The van der Waals surface area contributed by atoms with Crippen LogP contribution in [0.4, 0.5) is 5.69 Å². The van der Waals surface area contributed by atoms with Gasteiger partial charge < -0.3 is 19.9 Å². The molecule has 0 unspecified atom stereocenters. The van der Waals surface area contributed by atoms with Crippen LogP contribution >= 0.6 is 0 Å². The average Bonchev–Trinajstić information content (AvgIpc) is 2.56. The number of rotatable bonds is 5. The Bertz CT molecular complexity index is 709. The zero-order valence-electron chi connectivity index (χ0n) is 12.8. The summed E-state index contributed by atoms with van der Waals surface area (Å²) in [5.41, 5.74) is 0.984. The van der Waals surface area contributed by atoms with Gasteiger partial charge >= 0.3 is 5.97 Å². The maximum Gasteiger partial charge on any atom is 0.338 e. The molecule has 0 bridgehead atoms. The molecule has 0 fully saturated rings. The number of ether oxygens (including phenoxy) is 2. The number of hydrogen-bond donors (Lipinski definition) is 2. The lowest BCUT2D eigenvalue weighted by Crippen LogP contribution is -2.12. The Kier molecular flexibility index (Phi) is 5.19. The van der Waals surface area contributed by atoms with Gasteiger partial charge in [-0.15, -0.1) is 0 Å². The van der Waals surface area contributed by atoms with Gasteiger partial charge in [0, 0.05) is 5.69 Å². The average molecular weight is 315 g/mol. The monoisotopic (exact) mass is 315 g/mol. The van der Waals surface area contributed by atoms with Gasteiger partial charge in [-0.25, -0.2) is 4.79 Å². The smallest absolute Gasteiger partial charge is 0.338 e. The molecule has 6 heteroatoms. The Balaban J connectivity index is 2.13. The van der Waals surface area contributed by atoms with Crippen molar-refractivity contribution in [2.24, 2.45) is 0 Å². The topological polar surface area (TPSA) is 84.9 Å². The third-order valence-electron chi connectivity index (χ3n) is 3.10. The number of aromatic hydroxyl groups is 1. The van der Waals surface area contributed by atoms with Crippen molar-refractivity contribution in [1.29, 1.82) is 0 Å². The summed E-state index contributed by atoms with van der Waals surface area (Å²) in [5, 5.41) is 12.4. The van der Waals surface area contributed by atoms with Crippen LogP contribution in [-0.4, -0.2) is 30.7 Å². The fourth-order valence-electron chi connectivity index (χ4n) is 1.93. The SMILES string of the molecule is CCOC(=O)c1ccc(NC(=O)c2cc(OC)ccc2O)cc1. The van der Waals surface area contributed by atoms with Crippen LogP contribution in [0.15, 0.2) is 42.5 Å². The summed E-state index contributed by atoms with van der Waals surface area (Å²) in [6.07, 6.45) is 0. The zero-order chi connectivity index (χ0) is 16.8. The highest BCUT2D eigenvalue weighted by molar-refractivity contribution is 6.06. The molecule has 0 aliphatic carbocycles. The summed E-state index contributed by atoms with van der Waals surface area (Å²) in [7, 11) is 1.47. The van der Waals surface area contributed by atoms with Gasteiger partial charge in [0.25, 0.3) is 5.91 Å². The van der Waals surface area contributed by atoms with Crippen molar-refractivity contribution in [3.8, 4) is 11.5 Å². The van der Waals surface area contributed by atoms with E-state index >= 15 is 0 Å². The molecule has 0 aromatic heterocycles. The van der Waals surface area contributed by atoms with Crippen molar-refractivity contribution in [2.45, 2.75) is 6.92 Å². The Morgan fingerprint density at radius 1 is 1.13 bits per heavy atom. The Morgan fingerprint density at radius 2 is 1.83 bits per heavy atom. The predicted octanol–water partition coefficient (Wildman–Crippen LogP) is 2.83. The molecule has 0 atom stereocenters. The van der Waals surface area contributed by atoms with Crippen LogP contribution in [0.2, 0.25) is 0 Å². The highest BCUT2D eigenvalue weighted by Crippen LogP contribution is 2.24. The van der Waals surface area contributed by atoms with E-state index in [1.807, 2.05) is 0 Å². The maximum atomic E-state index is 12.2. The largest absolute Gasteiger partial charge is 0.507 e. The number of methoxy groups -OCH3 is 1. The molecule has 0 radical (unpaired) electrons. The van der Waals surface area contributed by atoms with E-state index in [0.29, 0.717) is 23.6 Å². The number of anilines is 1. The lowest BCUT2D eigenvalue weighted by Gasteiger charge is -2.09. The molecule has 0 aliphatic heterocycles. The number of hydrogen-bond acceptors (Lipinski definition) is 5. The number of esters is 1. The molecule has 0 spiro atoms. The van der Waals surface area contributed by atoms with Crippen molar-refractivity contribution in [2.75, 3.05) is 19.0 Å². The fourth-order valence-corrected chi connectivity index (χ4v) is 1.93. The highest BCUT2D eigenvalue weighted by Gasteiger charge is 2.13. The molecule has 0 saturated carbocycles. The van der Waals surface area contributed by atoms with E-state index in [-0.39, 0.29) is 11.3 Å². The molecule has 0 aliphatic rings. The van der Waals surface area contributed by atoms with Gasteiger partial charge in [-0.2, -0.15) is 0 Å². The molecule has 0 saturated heterocycles. The summed E-state index contributed by atoms with van der Waals surface area (Å²) in [5.74, 6) is -0.585. The van der Waals surface area contributed by atoms with Crippen LogP contribution in [0.25, 0.3) is 0 Å². The van der Waals surface area contributed by atoms with Gasteiger partial charge in [-0.3, -0.25) is 4.79 Å². The first-order valence-corrected chi connectivity index (χ1v) is 7.00. The summed E-state index contributed by atoms with van der Waals surface area (Å²) in [4.78, 5) is 23.8. The van der Waals surface area contributed by atoms with Crippen LogP contribution in [0.1, 0.15) is 27.6 Å². The lowest BCUT2D eigenvalue weighted by molar-refractivity contribution is 0.0526. The van der Waals surface area contributed by atoms with Crippen LogP contribution in [-0.2, 0) is 4.74 Å². The molecule has 1 amide bonds. The Hall–Kier alpha value is -3.02. The minimum absolute atomic E-state index is 0.0961. The van der Waals surface area contributed by atoms with E-state index in [1.54, 1.807) is 37.3 Å². The van der Waals surface area contributed by atoms with E-state index < -0.39 is 11.9 Å². The lowest BCUT2D eigenvalue weighted by atomic mass is 10.1. The van der Waals surface area contributed by atoms with Gasteiger partial charge in [-0.1, -0.05) is 0 Å². The van der Waals surface area contributed by atoms with E-state index in [4.69, 9.17) is 9.47 Å². The van der Waals surface area contributed by atoms with E-state index in [9.17, 15) is 14.7 Å². The normalized spacial score (nSPS) is 10.0. The van der Waals surface area contributed by atoms with Crippen molar-refractivity contribution in [3.05, 3.63) is 53.6 Å². The van der Waals surface area contributed by atoms with Crippen molar-refractivity contribution >= 4 is 17.6 Å². The third-order valence-corrected chi connectivity index (χ3v) is 3.10. The number of benzene rings is 2. The zero-order valence-corrected chi connectivity index (χ0v) is 12.8. The van der Waals surface area contributed by atoms with Crippen LogP contribution in [0.5, 0.6) is 11.5 Å². The number of nitrogens with one attached hydrogen (secondary N) is 1. The number of carbonyl (C=O) groups is 2. The molecule has 2 rings (SSSR count). The molecule has 2 aromatic carbocycles. The number of amides is 1. The molecule has 2 N–H and O–H groups in total. The van der Waals surface area contributed by atoms with Crippen LogP contribution < -0.4 is 10.1 Å². The van der Waals surface area contributed by atoms with Crippen molar-refractivity contribution in [1.82, 2.24) is 0 Å². The first kappa shape index (κ1) is 16.4. The molecular weight excluding hydrogens is 298 g/mol. The quantitative estimate of drug-likeness (QED) is 0.829. The highest BCUT2D eigenvalue weighted by atomic mass is 16.5. The minimum atomic E-state index is -0.481. The number of carbonyl (C=O) groups excluding carboxylic acids is 2. The van der Waals surface area contributed by atoms with Gasteiger partial charge in [0.2, 0.25) is 0 Å². The third kappa shape index (κ3) is 4.00. The second kappa shape index (κ2) is 7.31. The first-order valence-electron chi connectivity index (χ1n) is 7.00. The Morgan fingerprint density at radius 3 is 2.43 bits per heavy atom. The summed E-state index contributed by atoms with van der Waals surface area (Å²) >= 11 is 0. The maximum absolute atomic E-state index is 12.2. The summed E-state index contributed by atoms with van der Waals surface area (Å²) in [6, 6.07) is 10.7. The van der Waals surface area contributed by atoms with Crippen molar-refractivity contribution < 1.29 is 24.2 Å². The standard InChI is InChI=1S/C17H17NO5/c1-3-23-17(21)11-4-6-12(7-5-11)18-16(20)14-10-13(22-2)8-9-15(14)19/h4-10,19H,3H2,1-2H3,(H,18,20). The van der Waals surface area contributed by atoms with Crippen LogP contribution in [0, 0.1) is 0 Å². The van der Waals surface area contributed by atoms with Crippen LogP contribution in [0.3, 0.4) is 0 Å². The Labute approximate surface area is 133 Å². The summed E-state index contributed by atoms with van der Waals surface area (Å²) in [6.45, 7) is 2.03. The first-order chi connectivity index (χ1) is 11.0. The molecule has 2 aromatic rings. The van der Waals surface area contributed by atoms with E-state index in [0.717, 1.165) is 0 Å². The molecular formula is C17H17NO5. The molecule has 120 valence electrons. The second-order valence-electron chi connectivity index (χ2n) is 4.64. The fraction of sp³-hybridized carbons (Fsp3) is 0.176.